The summed E-state index contributed by atoms with van der Waals surface area (Å²) in [6.07, 6.45) is 6.43. The van der Waals surface area contributed by atoms with Gasteiger partial charge in [0.25, 0.3) is 0 Å². The maximum Gasteiger partial charge on any atom is 0.159 e. The second-order valence-corrected chi connectivity index (χ2v) is 8.71. The fourth-order valence-electron chi connectivity index (χ4n) is 3.58. The molecule has 2 aromatic rings. The van der Waals surface area contributed by atoms with Crippen LogP contribution in [0.1, 0.15) is 76.4 Å². The molecule has 0 saturated heterocycles. The number of thioether (sulfide) groups is 1. The third-order valence-electron chi connectivity index (χ3n) is 5.42. The smallest absolute Gasteiger partial charge is 0.159 e. The average Bonchev–Trinajstić information content (AvgIpc) is 3.05. The molecule has 0 unspecified atom stereocenters. The van der Waals surface area contributed by atoms with Gasteiger partial charge in [-0.3, -0.25) is 0 Å². The summed E-state index contributed by atoms with van der Waals surface area (Å²) in [5.41, 5.74) is 13.0. The number of aliphatic hydroxyl groups is 1. The van der Waals surface area contributed by atoms with Crippen molar-refractivity contribution in [3.63, 3.8) is 0 Å². The number of aromatic nitrogens is 3. The lowest BCUT2D eigenvalue weighted by Gasteiger charge is -2.18. The van der Waals surface area contributed by atoms with E-state index in [1.807, 2.05) is 6.92 Å². The van der Waals surface area contributed by atoms with Crippen LogP contribution in [0, 0.1) is 13.8 Å². The SMILES string of the molecule is CCC(CC)n1cc(C)c2nc(C3=C(C)N=C(CN)SC3)c(C)nc21.CCCCO. The molecule has 0 saturated carbocycles. The van der Waals surface area contributed by atoms with Gasteiger partial charge in [0.1, 0.15) is 5.52 Å². The first kappa shape index (κ1) is 24.6. The van der Waals surface area contributed by atoms with Crippen molar-refractivity contribution in [2.24, 2.45) is 10.7 Å². The van der Waals surface area contributed by atoms with Crippen molar-refractivity contribution >= 4 is 33.5 Å². The summed E-state index contributed by atoms with van der Waals surface area (Å²) in [6.45, 7) is 13.6. The third-order valence-corrected chi connectivity index (χ3v) is 6.45. The van der Waals surface area contributed by atoms with Gasteiger partial charge in [0.2, 0.25) is 0 Å². The van der Waals surface area contributed by atoms with E-state index in [0.29, 0.717) is 19.2 Å². The van der Waals surface area contributed by atoms with Crippen molar-refractivity contribution in [1.82, 2.24) is 14.5 Å². The number of rotatable bonds is 7. The molecule has 2 aromatic heterocycles. The number of unbranched alkanes of at least 4 members (excludes halogenated alkanes) is 1. The molecule has 7 heteroatoms. The molecule has 166 valence electrons. The molecule has 0 radical (unpaired) electrons. The molecule has 0 fully saturated rings. The van der Waals surface area contributed by atoms with Gasteiger partial charge in [0.15, 0.2) is 5.65 Å². The van der Waals surface area contributed by atoms with Crippen LogP contribution in [0.2, 0.25) is 0 Å². The van der Waals surface area contributed by atoms with E-state index >= 15 is 0 Å². The molecule has 3 heterocycles. The van der Waals surface area contributed by atoms with Gasteiger partial charge in [0, 0.05) is 42.4 Å². The van der Waals surface area contributed by atoms with E-state index in [1.54, 1.807) is 11.8 Å². The van der Waals surface area contributed by atoms with Gasteiger partial charge in [-0.05, 0) is 45.6 Å². The van der Waals surface area contributed by atoms with Crippen LogP contribution in [0.5, 0.6) is 0 Å². The second kappa shape index (κ2) is 11.6. The van der Waals surface area contributed by atoms with Crippen LogP contribution < -0.4 is 5.73 Å². The topological polar surface area (TPSA) is 89.3 Å². The van der Waals surface area contributed by atoms with Crippen molar-refractivity contribution in [3.05, 3.63) is 28.8 Å². The summed E-state index contributed by atoms with van der Waals surface area (Å²) in [5, 5.41) is 9.06. The summed E-state index contributed by atoms with van der Waals surface area (Å²) < 4.78 is 2.30. The Bertz CT molecular complexity index is 910. The second-order valence-electron chi connectivity index (χ2n) is 7.66. The van der Waals surface area contributed by atoms with Crippen molar-refractivity contribution in [3.8, 4) is 0 Å². The van der Waals surface area contributed by atoms with Gasteiger partial charge < -0.3 is 15.4 Å². The first-order valence-electron chi connectivity index (χ1n) is 11.0. The Balaban J connectivity index is 0.000000575. The summed E-state index contributed by atoms with van der Waals surface area (Å²) in [6, 6.07) is 0.471. The molecule has 0 aromatic carbocycles. The van der Waals surface area contributed by atoms with Gasteiger partial charge in [-0.1, -0.05) is 27.2 Å². The molecule has 3 rings (SSSR count). The summed E-state index contributed by atoms with van der Waals surface area (Å²) in [5.74, 6) is 0.856. The molecule has 1 aliphatic rings. The predicted molar refractivity (Wildman–Crippen MR) is 130 cm³/mol. The molecule has 30 heavy (non-hydrogen) atoms. The Morgan fingerprint density at radius 1 is 1.17 bits per heavy atom. The fourth-order valence-corrected chi connectivity index (χ4v) is 4.55. The summed E-state index contributed by atoms with van der Waals surface area (Å²) >= 11 is 1.70. The summed E-state index contributed by atoms with van der Waals surface area (Å²) in [7, 11) is 0. The number of hydrogen-bond acceptors (Lipinski definition) is 6. The molecule has 3 N–H and O–H groups in total. The minimum atomic E-state index is 0.344. The summed E-state index contributed by atoms with van der Waals surface area (Å²) in [4.78, 5) is 14.6. The van der Waals surface area contributed by atoms with Crippen LogP contribution >= 0.6 is 11.8 Å². The van der Waals surface area contributed by atoms with E-state index in [-0.39, 0.29) is 0 Å². The molecule has 0 aliphatic carbocycles. The normalized spacial score (nSPS) is 14.2. The molecule has 1 aliphatic heterocycles. The molecular formula is C23H37N5OS. The minimum Gasteiger partial charge on any atom is -0.396 e. The number of hydrogen-bond donors (Lipinski definition) is 2. The van der Waals surface area contributed by atoms with E-state index in [2.05, 4.69) is 50.4 Å². The lowest BCUT2D eigenvalue weighted by molar-refractivity contribution is 0.287. The highest BCUT2D eigenvalue weighted by Crippen LogP contribution is 2.32. The maximum absolute atomic E-state index is 8.07. The van der Waals surface area contributed by atoms with Crippen LogP contribution in [0.25, 0.3) is 16.7 Å². The Morgan fingerprint density at radius 2 is 1.87 bits per heavy atom. The van der Waals surface area contributed by atoms with Gasteiger partial charge in [-0.25, -0.2) is 15.0 Å². The molecular weight excluding hydrogens is 394 g/mol. The van der Waals surface area contributed by atoms with Crippen molar-refractivity contribution < 1.29 is 5.11 Å². The monoisotopic (exact) mass is 431 g/mol. The standard InChI is InChI=1S/C19H27N5S.C4H10O/c1-6-14(7-2)24-9-11(3)17-19(24)22-13(5)18(23-17)15-10-25-16(8-20)21-12(15)4;1-2-3-4-5/h9,14H,6-8,10,20H2,1-5H3;5H,2-4H2,1H3. The Labute approximate surface area is 185 Å². The zero-order valence-corrected chi connectivity index (χ0v) is 20.1. The maximum atomic E-state index is 8.07. The fraction of sp³-hybridized carbons (Fsp3) is 0.609. The van der Waals surface area contributed by atoms with E-state index in [9.17, 15) is 0 Å². The van der Waals surface area contributed by atoms with Crippen molar-refractivity contribution in [2.45, 2.75) is 73.3 Å². The Hall–Kier alpha value is -1.70. The van der Waals surface area contributed by atoms with Crippen LogP contribution in [0.15, 0.2) is 16.9 Å². The molecule has 0 amide bonds. The van der Waals surface area contributed by atoms with Crippen LogP contribution in [-0.2, 0) is 0 Å². The van der Waals surface area contributed by atoms with E-state index < -0.39 is 0 Å². The molecule has 0 spiro atoms. The molecule has 0 bridgehead atoms. The van der Waals surface area contributed by atoms with Gasteiger partial charge in [-0.15, -0.1) is 11.8 Å². The van der Waals surface area contributed by atoms with Gasteiger partial charge in [0.05, 0.1) is 16.4 Å². The van der Waals surface area contributed by atoms with Crippen molar-refractivity contribution in [2.75, 3.05) is 18.9 Å². The lowest BCUT2D eigenvalue weighted by Crippen LogP contribution is -2.15. The highest BCUT2D eigenvalue weighted by Gasteiger charge is 2.21. The van der Waals surface area contributed by atoms with Gasteiger partial charge >= 0.3 is 0 Å². The van der Waals surface area contributed by atoms with Crippen LogP contribution in [0.4, 0.5) is 0 Å². The highest BCUT2D eigenvalue weighted by molar-refractivity contribution is 8.14. The third kappa shape index (κ3) is 5.50. The quantitative estimate of drug-likeness (QED) is 0.642. The predicted octanol–water partition coefficient (Wildman–Crippen LogP) is 5.02. The lowest BCUT2D eigenvalue weighted by atomic mass is 10.1. The molecule has 0 atom stereocenters. The number of nitrogens with two attached hydrogens (primary N) is 1. The van der Waals surface area contributed by atoms with E-state index in [1.165, 1.54) is 11.1 Å². The number of fused-ring (bicyclic) bond motifs is 1. The zero-order valence-electron chi connectivity index (χ0n) is 19.3. The van der Waals surface area contributed by atoms with Crippen LogP contribution in [-0.4, -0.2) is 43.6 Å². The van der Waals surface area contributed by atoms with E-state index in [4.69, 9.17) is 20.8 Å². The minimum absolute atomic E-state index is 0.344. The number of aliphatic imine (C=N–C) groups is 1. The first-order valence-corrected chi connectivity index (χ1v) is 12.0. The average molecular weight is 432 g/mol. The number of aliphatic hydroxyl groups excluding tert-OH is 1. The number of allylic oxidation sites excluding steroid dienone is 1. The Morgan fingerprint density at radius 3 is 2.37 bits per heavy atom. The highest BCUT2D eigenvalue weighted by atomic mass is 32.2. The van der Waals surface area contributed by atoms with E-state index in [0.717, 1.165) is 64.7 Å². The zero-order chi connectivity index (χ0) is 22.3. The Kier molecular flexibility index (Phi) is 9.52. The molecule has 6 nitrogen and oxygen atoms in total. The number of aryl methyl sites for hydroxylation is 2. The largest absolute Gasteiger partial charge is 0.396 e. The van der Waals surface area contributed by atoms with Gasteiger partial charge in [-0.2, -0.15) is 0 Å². The number of nitrogens with zero attached hydrogens (tertiary/aromatic N) is 4. The van der Waals surface area contributed by atoms with Crippen molar-refractivity contribution in [1.29, 1.82) is 0 Å². The van der Waals surface area contributed by atoms with Crippen LogP contribution in [0.3, 0.4) is 0 Å². The first-order chi connectivity index (χ1) is 14.4.